The lowest BCUT2D eigenvalue weighted by molar-refractivity contribution is -0.106. The van der Waals surface area contributed by atoms with Crippen LogP contribution in [0.25, 0.3) is 27.3 Å². The summed E-state index contributed by atoms with van der Waals surface area (Å²) in [7, 11) is 0. The average molecular weight is 351 g/mol. The Morgan fingerprint density at radius 3 is 3.04 bits per heavy atom. The van der Waals surface area contributed by atoms with E-state index in [1.165, 1.54) is 17.7 Å². The fraction of sp³-hybridized carbons (Fsp3) is 0.0588. The summed E-state index contributed by atoms with van der Waals surface area (Å²) in [5, 5.41) is 10.8. The number of pyridine rings is 1. The fourth-order valence-corrected chi connectivity index (χ4v) is 3.82. The van der Waals surface area contributed by atoms with Gasteiger partial charge in [-0.25, -0.2) is 9.50 Å². The summed E-state index contributed by atoms with van der Waals surface area (Å²) in [6.45, 7) is 1.96. The van der Waals surface area contributed by atoms with Gasteiger partial charge in [-0.1, -0.05) is 6.07 Å². The number of aromatic nitrogens is 3. The third kappa shape index (κ3) is 2.52. The van der Waals surface area contributed by atoms with Gasteiger partial charge in [0.25, 0.3) is 12.2 Å². The first-order valence-corrected chi connectivity index (χ1v) is 8.35. The van der Waals surface area contributed by atoms with E-state index in [-0.39, 0.29) is 0 Å². The van der Waals surface area contributed by atoms with Gasteiger partial charge in [-0.2, -0.15) is 5.10 Å². The lowest BCUT2D eigenvalue weighted by Crippen LogP contribution is -2.30. The Morgan fingerprint density at radius 2 is 2.28 bits per heavy atom. The van der Waals surface area contributed by atoms with Crippen LogP contribution in [0, 0.1) is 6.92 Å². The summed E-state index contributed by atoms with van der Waals surface area (Å²) >= 11 is 1.46. The van der Waals surface area contributed by atoms with Crippen LogP contribution in [0.4, 0.5) is 0 Å². The highest BCUT2D eigenvalue weighted by Gasteiger charge is 2.23. The minimum absolute atomic E-state index is 0.316. The van der Waals surface area contributed by atoms with E-state index in [0.29, 0.717) is 11.5 Å². The largest absolute Gasteiger partial charge is 0.472 e. The van der Waals surface area contributed by atoms with Crippen molar-refractivity contribution >= 4 is 29.0 Å². The molecule has 0 aromatic carbocycles. The van der Waals surface area contributed by atoms with Crippen LogP contribution < -0.4 is 11.1 Å². The van der Waals surface area contributed by atoms with Gasteiger partial charge in [0, 0.05) is 11.8 Å². The highest BCUT2D eigenvalue weighted by molar-refractivity contribution is 7.17. The molecule has 124 valence electrons. The normalized spacial score (nSPS) is 12.0. The van der Waals surface area contributed by atoms with Gasteiger partial charge < -0.3 is 10.2 Å². The number of thiazole rings is 1. The second-order valence-electron chi connectivity index (χ2n) is 5.36. The monoisotopic (exact) mass is 351 g/mol. The molecule has 0 unspecified atom stereocenters. The Labute approximate surface area is 147 Å². The van der Waals surface area contributed by atoms with Crippen LogP contribution in [-0.2, 0) is 0 Å². The number of hydrogen-bond donors (Lipinski definition) is 2. The minimum Gasteiger partial charge on any atom is -0.472 e. The predicted molar refractivity (Wildman–Crippen MR) is 97.5 cm³/mol. The van der Waals surface area contributed by atoms with Crippen molar-refractivity contribution in [3.05, 3.63) is 53.6 Å². The maximum atomic E-state index is 6.09. The summed E-state index contributed by atoms with van der Waals surface area (Å²) in [6, 6.07) is 7.77. The molecule has 0 aliphatic rings. The molecule has 4 rings (SSSR count). The first-order chi connectivity index (χ1) is 12.2. The summed E-state index contributed by atoms with van der Waals surface area (Å²) in [5.41, 5.74) is 10.5. The Hall–Kier alpha value is -3.26. The molecule has 0 saturated heterocycles. The lowest BCUT2D eigenvalue weighted by Gasteiger charge is -1.95. The Bertz CT molecular complexity index is 1090. The SMILES string of the molecule is Cc1nn2ccccc2c1-c1nc(-c2ccoc2)c(C(N)=NC=[NH2+])s1. The number of hydrogen-bond acceptors (Lipinski definition) is 4. The molecule has 4 aromatic heterocycles. The van der Waals surface area contributed by atoms with Gasteiger partial charge in [0.2, 0.25) is 0 Å². The third-order valence-corrected chi connectivity index (χ3v) is 4.89. The molecule has 4 N–H and O–H groups in total. The van der Waals surface area contributed by atoms with Crippen molar-refractivity contribution in [3.63, 3.8) is 0 Å². The van der Waals surface area contributed by atoms with Crippen LogP contribution in [0.3, 0.4) is 0 Å². The van der Waals surface area contributed by atoms with Crippen LogP contribution in [0.5, 0.6) is 0 Å². The van der Waals surface area contributed by atoms with Crippen LogP contribution in [0.15, 0.2) is 52.4 Å². The van der Waals surface area contributed by atoms with E-state index in [1.807, 2.05) is 41.9 Å². The van der Waals surface area contributed by atoms with E-state index >= 15 is 0 Å². The highest BCUT2D eigenvalue weighted by atomic mass is 32.1. The average Bonchev–Trinajstić information content (AvgIpc) is 3.31. The number of aryl methyl sites for hydroxylation is 1. The number of aliphatic imine (C=N–C) groups is 1. The molecule has 25 heavy (non-hydrogen) atoms. The van der Waals surface area contributed by atoms with Gasteiger partial charge in [-0.3, -0.25) is 5.41 Å². The Morgan fingerprint density at radius 1 is 1.40 bits per heavy atom. The second kappa shape index (κ2) is 5.99. The molecule has 4 heterocycles. The molecule has 7 nitrogen and oxygen atoms in total. The Kier molecular flexibility index (Phi) is 3.66. The van der Waals surface area contributed by atoms with Crippen LogP contribution in [0.1, 0.15) is 10.6 Å². The molecule has 0 fully saturated rings. The number of rotatable bonds is 4. The van der Waals surface area contributed by atoms with Gasteiger partial charge in [0.1, 0.15) is 9.88 Å². The van der Waals surface area contributed by atoms with Crippen molar-refractivity contribution in [2.75, 3.05) is 0 Å². The molecule has 0 aliphatic carbocycles. The zero-order valence-corrected chi connectivity index (χ0v) is 14.2. The van der Waals surface area contributed by atoms with Crippen molar-refractivity contribution < 1.29 is 9.83 Å². The molecule has 0 bridgehead atoms. The van der Waals surface area contributed by atoms with E-state index in [1.54, 1.807) is 12.5 Å². The molecular weight excluding hydrogens is 336 g/mol. The van der Waals surface area contributed by atoms with E-state index in [9.17, 15) is 0 Å². The first-order valence-electron chi connectivity index (χ1n) is 7.54. The van der Waals surface area contributed by atoms with Crippen LogP contribution in [-0.4, -0.2) is 26.8 Å². The van der Waals surface area contributed by atoms with E-state index in [2.05, 4.69) is 10.1 Å². The smallest absolute Gasteiger partial charge is 0.279 e. The van der Waals surface area contributed by atoms with Crippen molar-refractivity contribution in [1.82, 2.24) is 14.6 Å². The molecule has 0 spiro atoms. The number of amidine groups is 1. The van der Waals surface area contributed by atoms with Gasteiger partial charge in [0.15, 0.2) is 0 Å². The van der Waals surface area contributed by atoms with Gasteiger partial charge in [-0.15, -0.1) is 11.3 Å². The molecule has 8 heteroatoms. The Balaban J connectivity index is 1.97. The predicted octanol–water partition coefficient (Wildman–Crippen LogP) is 1.52. The molecule has 0 aliphatic heterocycles. The number of nitrogens with two attached hydrogens (primary N) is 2. The summed E-state index contributed by atoms with van der Waals surface area (Å²) < 4.78 is 7.03. The lowest BCUT2D eigenvalue weighted by atomic mass is 10.2. The number of furan rings is 1. The van der Waals surface area contributed by atoms with Crippen molar-refractivity contribution in [2.45, 2.75) is 6.92 Å². The number of fused-ring (bicyclic) bond motifs is 1. The zero-order valence-electron chi connectivity index (χ0n) is 13.4. The van der Waals surface area contributed by atoms with Crippen LogP contribution in [0.2, 0.25) is 0 Å². The van der Waals surface area contributed by atoms with E-state index in [4.69, 9.17) is 20.5 Å². The summed E-state index contributed by atoms with van der Waals surface area (Å²) in [6.07, 6.45) is 6.32. The molecule has 0 radical (unpaired) electrons. The summed E-state index contributed by atoms with van der Waals surface area (Å²) in [4.78, 5) is 9.55. The van der Waals surface area contributed by atoms with Crippen LogP contribution >= 0.6 is 11.3 Å². The van der Waals surface area contributed by atoms with E-state index < -0.39 is 0 Å². The van der Waals surface area contributed by atoms with E-state index in [0.717, 1.165) is 32.2 Å². The highest BCUT2D eigenvalue weighted by Crippen LogP contribution is 2.37. The van der Waals surface area contributed by atoms with Gasteiger partial charge in [0.05, 0.1) is 35.0 Å². The first kappa shape index (κ1) is 15.3. The molecule has 0 atom stereocenters. The minimum atomic E-state index is 0.316. The molecule has 4 aromatic rings. The maximum absolute atomic E-state index is 6.09. The topological polar surface area (TPSA) is 107 Å². The van der Waals surface area contributed by atoms with Gasteiger partial charge >= 0.3 is 0 Å². The maximum Gasteiger partial charge on any atom is 0.279 e. The summed E-state index contributed by atoms with van der Waals surface area (Å²) in [5.74, 6) is 0.316. The van der Waals surface area contributed by atoms with Gasteiger partial charge in [-0.05, 0) is 30.1 Å². The van der Waals surface area contributed by atoms with Crippen molar-refractivity contribution in [2.24, 2.45) is 10.7 Å². The third-order valence-electron chi connectivity index (χ3n) is 3.80. The quantitative estimate of drug-likeness (QED) is 0.429. The standard InChI is InChI=1S/C17H14N6OS/c1-10-13(12-4-2-3-6-23(12)22-10)17-21-14(11-5-7-24-8-11)15(25-17)16(19)20-9-18/h2-9H,1H3,(H3,18,19,20)/p+1. The van der Waals surface area contributed by atoms with Crippen molar-refractivity contribution in [3.8, 4) is 21.8 Å². The zero-order chi connectivity index (χ0) is 17.4. The molecule has 0 amide bonds. The molecule has 0 saturated carbocycles. The molecular formula is C17H15N6OS+. The second-order valence-corrected chi connectivity index (χ2v) is 6.36. The van der Waals surface area contributed by atoms with Crippen molar-refractivity contribution in [1.29, 1.82) is 0 Å². The fourth-order valence-electron chi connectivity index (χ4n) is 2.72. The number of nitrogens with zero attached hydrogens (tertiary/aromatic N) is 4.